The van der Waals surface area contributed by atoms with Crippen molar-refractivity contribution in [3.63, 3.8) is 0 Å². The highest BCUT2D eigenvalue weighted by molar-refractivity contribution is 7.92. The number of aromatic nitrogens is 3. The Morgan fingerprint density at radius 2 is 1.88 bits per heavy atom. The monoisotopic (exact) mass is 592 g/mol. The van der Waals surface area contributed by atoms with Crippen LogP contribution >= 0.6 is 0 Å². The van der Waals surface area contributed by atoms with Crippen LogP contribution in [0.5, 0.6) is 0 Å². The summed E-state index contributed by atoms with van der Waals surface area (Å²) in [6, 6.07) is 7.17. The van der Waals surface area contributed by atoms with Gasteiger partial charge in [0.25, 0.3) is 0 Å². The molecule has 41 heavy (non-hydrogen) atoms. The minimum atomic E-state index is -3.97. The third-order valence-electron chi connectivity index (χ3n) is 7.54. The van der Waals surface area contributed by atoms with E-state index in [-0.39, 0.29) is 23.8 Å². The predicted octanol–water partition coefficient (Wildman–Crippen LogP) is 6.14. The Morgan fingerprint density at radius 1 is 1.15 bits per heavy atom. The largest absolute Gasteiger partial charge is 0.351 e. The minimum Gasteiger partial charge on any atom is -0.351 e. The lowest BCUT2D eigenvalue weighted by atomic mass is 9.89. The number of hydrogen-bond donors (Lipinski definition) is 2. The molecule has 3 aromatic rings. The predicted molar refractivity (Wildman–Crippen MR) is 158 cm³/mol. The van der Waals surface area contributed by atoms with E-state index in [2.05, 4.69) is 33.9 Å². The van der Waals surface area contributed by atoms with Crippen molar-refractivity contribution in [2.24, 2.45) is 0 Å². The van der Waals surface area contributed by atoms with Gasteiger partial charge in [0.05, 0.1) is 11.3 Å². The van der Waals surface area contributed by atoms with E-state index in [1.165, 1.54) is 6.07 Å². The Kier molecular flexibility index (Phi) is 9.13. The summed E-state index contributed by atoms with van der Waals surface area (Å²) in [4.78, 5) is 15.7. The molecule has 2 heterocycles. The first-order valence-corrected chi connectivity index (χ1v) is 15.5. The molecule has 0 aliphatic heterocycles. The normalized spacial score (nSPS) is 20.1. The zero-order chi connectivity index (χ0) is 30.1. The van der Waals surface area contributed by atoms with Crippen molar-refractivity contribution in [3.8, 4) is 11.1 Å². The van der Waals surface area contributed by atoms with Gasteiger partial charge < -0.3 is 10.2 Å². The van der Waals surface area contributed by atoms with Gasteiger partial charge in [0.15, 0.2) is 0 Å². The average Bonchev–Trinajstić information content (AvgIpc) is 2.86. The molecule has 1 fully saturated rings. The van der Waals surface area contributed by atoms with E-state index in [4.69, 9.17) is 4.98 Å². The van der Waals surface area contributed by atoms with Crippen molar-refractivity contribution in [1.82, 2.24) is 19.9 Å². The standard InChI is InChI=1S/C29H39F3N6O2S/c1-17(2)23-14-19(22-8-10-26(34-18(22)3)37-41(39,40)12-11-29(4,31)32)13-20-16-33-28(36-27(20)23)35-21-7-9-25(38(5)6)24(30)15-21/h8,10,13-14,16-17,21,24-25H,7,9,11-12,15H2,1-6H3,(H,34,37)(H,33,35,36)/t21-,24?,25-/m0/s1. The number of aryl methyl sites for hydroxylation is 1. The van der Waals surface area contributed by atoms with Crippen LogP contribution < -0.4 is 10.0 Å². The molecule has 2 N–H and O–H groups in total. The van der Waals surface area contributed by atoms with Crippen LogP contribution in [0, 0.1) is 6.92 Å². The maximum Gasteiger partial charge on any atom is 0.246 e. The first kappa shape index (κ1) is 31.0. The Hall–Kier alpha value is -2.99. The fourth-order valence-electron chi connectivity index (χ4n) is 5.28. The highest BCUT2D eigenvalue weighted by atomic mass is 32.2. The molecule has 1 aromatic carbocycles. The number of nitrogens with zero attached hydrogens (tertiary/aromatic N) is 4. The molecule has 3 atom stereocenters. The highest BCUT2D eigenvalue weighted by Gasteiger charge is 2.32. The second-order valence-electron chi connectivity index (χ2n) is 11.6. The quantitative estimate of drug-likeness (QED) is 0.292. The summed E-state index contributed by atoms with van der Waals surface area (Å²) in [6.07, 6.45) is 2.08. The molecule has 1 aliphatic rings. The molecule has 8 nitrogen and oxygen atoms in total. The zero-order valence-electron chi connectivity index (χ0n) is 24.4. The molecule has 1 saturated carbocycles. The summed E-state index contributed by atoms with van der Waals surface area (Å²) in [7, 11) is -0.153. The van der Waals surface area contributed by atoms with Crippen LogP contribution in [0.4, 0.5) is 24.9 Å². The lowest BCUT2D eigenvalue weighted by Gasteiger charge is -2.35. The molecule has 12 heteroatoms. The van der Waals surface area contributed by atoms with Gasteiger partial charge in [0, 0.05) is 47.8 Å². The summed E-state index contributed by atoms with van der Waals surface area (Å²) in [5.74, 6) is -3.09. The van der Waals surface area contributed by atoms with Gasteiger partial charge in [-0.25, -0.2) is 36.5 Å². The van der Waals surface area contributed by atoms with Gasteiger partial charge in [-0.2, -0.15) is 0 Å². The summed E-state index contributed by atoms with van der Waals surface area (Å²) in [5, 5.41) is 4.17. The fourth-order valence-corrected chi connectivity index (χ4v) is 6.44. The van der Waals surface area contributed by atoms with Gasteiger partial charge in [-0.05, 0) is 82.1 Å². The van der Waals surface area contributed by atoms with Crippen molar-refractivity contribution in [3.05, 3.63) is 41.7 Å². The second kappa shape index (κ2) is 12.1. The van der Waals surface area contributed by atoms with Crippen molar-refractivity contribution in [2.75, 3.05) is 29.9 Å². The number of anilines is 2. The number of nitrogens with one attached hydrogen (secondary N) is 2. The van der Waals surface area contributed by atoms with Gasteiger partial charge in [0.1, 0.15) is 12.0 Å². The molecule has 1 aliphatic carbocycles. The molecule has 4 rings (SSSR count). The molecule has 0 radical (unpaired) electrons. The van der Waals surface area contributed by atoms with Crippen LogP contribution in [-0.4, -0.2) is 72.3 Å². The summed E-state index contributed by atoms with van der Waals surface area (Å²) >= 11 is 0. The van der Waals surface area contributed by atoms with Gasteiger partial charge in [0.2, 0.25) is 21.9 Å². The van der Waals surface area contributed by atoms with E-state index in [9.17, 15) is 21.6 Å². The SMILES string of the molecule is Cc1nc(NS(=O)(=O)CCC(C)(F)F)ccc1-c1cc(C(C)C)c2nc(N[C@H]3CC[C@H](N(C)C)C(F)C3)ncc2c1. The van der Waals surface area contributed by atoms with Crippen molar-refractivity contribution in [2.45, 2.75) is 83.5 Å². The fraction of sp³-hybridized carbons (Fsp3) is 0.552. The maximum absolute atomic E-state index is 14.7. The topological polar surface area (TPSA) is 100 Å². The number of benzene rings is 1. The van der Waals surface area contributed by atoms with E-state index < -0.39 is 34.3 Å². The van der Waals surface area contributed by atoms with E-state index in [0.29, 0.717) is 25.0 Å². The molecular weight excluding hydrogens is 553 g/mol. The summed E-state index contributed by atoms with van der Waals surface area (Å²) in [6.45, 7) is 6.60. The molecule has 224 valence electrons. The number of fused-ring (bicyclic) bond motifs is 1. The van der Waals surface area contributed by atoms with Gasteiger partial charge in [-0.3, -0.25) is 4.72 Å². The number of alkyl halides is 3. The van der Waals surface area contributed by atoms with Crippen molar-refractivity contribution in [1.29, 1.82) is 0 Å². The van der Waals surface area contributed by atoms with E-state index in [0.717, 1.165) is 40.4 Å². The smallest absolute Gasteiger partial charge is 0.246 e. The van der Waals surface area contributed by atoms with Crippen LogP contribution in [0.15, 0.2) is 30.5 Å². The molecule has 0 amide bonds. The number of hydrogen-bond acceptors (Lipinski definition) is 7. The second-order valence-corrected chi connectivity index (χ2v) is 13.5. The Bertz CT molecular complexity index is 1490. The van der Waals surface area contributed by atoms with Crippen LogP contribution in [0.3, 0.4) is 0 Å². The van der Waals surface area contributed by atoms with Crippen molar-refractivity contribution >= 4 is 32.7 Å². The maximum atomic E-state index is 14.7. The minimum absolute atomic E-state index is 0.0384. The lowest BCUT2D eigenvalue weighted by Crippen LogP contribution is -2.44. The Labute approximate surface area is 240 Å². The van der Waals surface area contributed by atoms with E-state index in [1.54, 1.807) is 19.2 Å². The molecule has 1 unspecified atom stereocenters. The van der Waals surface area contributed by atoms with E-state index >= 15 is 0 Å². The van der Waals surface area contributed by atoms with Crippen molar-refractivity contribution < 1.29 is 21.6 Å². The summed E-state index contributed by atoms with van der Waals surface area (Å²) < 4.78 is 67.8. The summed E-state index contributed by atoms with van der Waals surface area (Å²) in [5.41, 5.74) is 4.06. The third kappa shape index (κ3) is 7.85. The Morgan fingerprint density at radius 3 is 2.49 bits per heavy atom. The van der Waals surface area contributed by atoms with Gasteiger partial charge in [-0.15, -0.1) is 0 Å². The molecular formula is C29H39F3N6O2S. The number of rotatable bonds is 10. The number of pyridine rings is 1. The van der Waals surface area contributed by atoms with Crippen LogP contribution in [0.2, 0.25) is 0 Å². The molecule has 0 saturated heterocycles. The third-order valence-corrected chi connectivity index (χ3v) is 8.80. The van der Waals surface area contributed by atoms with Crippen LogP contribution in [-0.2, 0) is 10.0 Å². The van der Waals surface area contributed by atoms with Gasteiger partial charge >= 0.3 is 0 Å². The van der Waals surface area contributed by atoms with E-state index in [1.807, 2.05) is 31.1 Å². The van der Waals surface area contributed by atoms with Crippen LogP contribution in [0.25, 0.3) is 22.0 Å². The molecule has 0 bridgehead atoms. The number of halogens is 3. The molecule has 2 aromatic heterocycles. The zero-order valence-corrected chi connectivity index (χ0v) is 25.2. The Balaban J connectivity index is 1.57. The highest BCUT2D eigenvalue weighted by Crippen LogP contribution is 2.33. The molecule has 0 spiro atoms. The lowest BCUT2D eigenvalue weighted by molar-refractivity contribution is 0.0189. The number of sulfonamides is 1. The first-order valence-electron chi connectivity index (χ1n) is 13.9. The van der Waals surface area contributed by atoms with Crippen LogP contribution in [0.1, 0.15) is 63.6 Å². The van der Waals surface area contributed by atoms with Gasteiger partial charge in [-0.1, -0.05) is 13.8 Å². The average molecular weight is 593 g/mol. The first-order chi connectivity index (χ1) is 19.1.